The van der Waals surface area contributed by atoms with Crippen LogP contribution in [-0.2, 0) is 11.3 Å². The summed E-state index contributed by atoms with van der Waals surface area (Å²) in [6, 6.07) is 7.99. The minimum atomic E-state index is 0.324. The molecule has 2 rings (SSSR count). The van der Waals surface area contributed by atoms with Crippen LogP contribution in [0.4, 0.5) is 0 Å². The summed E-state index contributed by atoms with van der Waals surface area (Å²) in [5, 5.41) is 12.9. The molecule has 118 valence electrons. The Bertz CT molecular complexity index is 400. The zero-order valence-electron chi connectivity index (χ0n) is 13.2. The van der Waals surface area contributed by atoms with Crippen LogP contribution in [-0.4, -0.2) is 48.9 Å². The van der Waals surface area contributed by atoms with Crippen molar-refractivity contribution in [3.8, 4) is 5.75 Å². The van der Waals surface area contributed by atoms with E-state index in [-0.39, 0.29) is 0 Å². The predicted octanol–water partition coefficient (Wildman–Crippen LogP) is 2.23. The van der Waals surface area contributed by atoms with Gasteiger partial charge in [0.2, 0.25) is 0 Å². The first-order valence-corrected chi connectivity index (χ1v) is 7.95. The second-order valence-corrected chi connectivity index (χ2v) is 6.23. The third-order valence-electron chi connectivity index (χ3n) is 3.95. The highest BCUT2D eigenvalue weighted by atomic mass is 16.5. The highest BCUT2D eigenvalue weighted by Gasteiger charge is 2.21. The highest BCUT2D eigenvalue weighted by molar-refractivity contribution is 5.25. The lowest BCUT2D eigenvalue weighted by molar-refractivity contribution is 0.0123. The topological polar surface area (TPSA) is 44.7 Å². The molecular formula is C17H28N2O2. The van der Waals surface area contributed by atoms with Crippen LogP contribution in [0.5, 0.6) is 5.75 Å². The van der Waals surface area contributed by atoms with Gasteiger partial charge in [0.05, 0.1) is 13.2 Å². The second kappa shape index (κ2) is 8.37. The Morgan fingerprint density at radius 3 is 2.48 bits per heavy atom. The standard InChI is InChI=1S/C17H28N2O2/c1-14(2)11-16(19-7-9-21-10-8-19)13-18-12-15-3-5-17(20)6-4-15/h3-6,14,16,18,20H,7-13H2,1-2H3. The van der Waals surface area contributed by atoms with Crippen molar-refractivity contribution in [1.29, 1.82) is 0 Å². The molecule has 0 radical (unpaired) electrons. The van der Waals surface area contributed by atoms with Crippen LogP contribution in [0, 0.1) is 5.92 Å². The number of aromatic hydroxyl groups is 1. The van der Waals surface area contributed by atoms with Gasteiger partial charge in [-0.05, 0) is 30.0 Å². The summed E-state index contributed by atoms with van der Waals surface area (Å²) in [6.45, 7) is 10.2. The van der Waals surface area contributed by atoms with Crippen molar-refractivity contribution < 1.29 is 9.84 Å². The van der Waals surface area contributed by atoms with E-state index in [0.29, 0.717) is 17.7 Å². The van der Waals surface area contributed by atoms with Gasteiger partial charge in [0.15, 0.2) is 0 Å². The van der Waals surface area contributed by atoms with E-state index in [1.165, 1.54) is 12.0 Å². The second-order valence-electron chi connectivity index (χ2n) is 6.23. The number of morpholine rings is 1. The highest BCUT2D eigenvalue weighted by Crippen LogP contribution is 2.14. The monoisotopic (exact) mass is 292 g/mol. The third kappa shape index (κ3) is 5.65. The first kappa shape index (κ1) is 16.3. The molecule has 2 N–H and O–H groups in total. The summed E-state index contributed by atoms with van der Waals surface area (Å²) in [7, 11) is 0. The summed E-state index contributed by atoms with van der Waals surface area (Å²) in [5.41, 5.74) is 1.21. The van der Waals surface area contributed by atoms with Crippen LogP contribution >= 0.6 is 0 Å². The average Bonchev–Trinajstić information content (AvgIpc) is 2.49. The molecule has 0 saturated carbocycles. The normalized spacial score (nSPS) is 18.0. The maximum Gasteiger partial charge on any atom is 0.115 e. The summed E-state index contributed by atoms with van der Waals surface area (Å²) in [5.74, 6) is 1.03. The van der Waals surface area contributed by atoms with Crippen molar-refractivity contribution in [2.45, 2.75) is 32.9 Å². The number of nitrogens with one attached hydrogen (secondary N) is 1. The molecule has 1 fully saturated rings. The predicted molar refractivity (Wildman–Crippen MR) is 85.4 cm³/mol. The van der Waals surface area contributed by atoms with Crippen molar-refractivity contribution in [3.63, 3.8) is 0 Å². The van der Waals surface area contributed by atoms with Crippen LogP contribution in [0.25, 0.3) is 0 Å². The van der Waals surface area contributed by atoms with Gasteiger partial charge in [0.1, 0.15) is 5.75 Å². The van der Waals surface area contributed by atoms with Crippen LogP contribution in [0.3, 0.4) is 0 Å². The van der Waals surface area contributed by atoms with Gasteiger partial charge in [0.25, 0.3) is 0 Å². The zero-order valence-corrected chi connectivity index (χ0v) is 13.2. The Hall–Kier alpha value is -1.10. The van der Waals surface area contributed by atoms with E-state index < -0.39 is 0 Å². The van der Waals surface area contributed by atoms with Crippen molar-refractivity contribution in [1.82, 2.24) is 10.2 Å². The lowest BCUT2D eigenvalue weighted by Gasteiger charge is -2.35. The molecule has 1 saturated heterocycles. The molecular weight excluding hydrogens is 264 g/mol. The molecule has 4 nitrogen and oxygen atoms in total. The molecule has 21 heavy (non-hydrogen) atoms. The maximum absolute atomic E-state index is 9.30. The molecule has 0 spiro atoms. The molecule has 1 unspecified atom stereocenters. The van der Waals surface area contributed by atoms with E-state index >= 15 is 0 Å². The van der Waals surface area contributed by atoms with Crippen LogP contribution in [0.15, 0.2) is 24.3 Å². The smallest absolute Gasteiger partial charge is 0.115 e. The first-order chi connectivity index (χ1) is 10.1. The Morgan fingerprint density at radius 2 is 1.86 bits per heavy atom. The van der Waals surface area contributed by atoms with Crippen molar-refractivity contribution in [3.05, 3.63) is 29.8 Å². The summed E-state index contributed by atoms with van der Waals surface area (Å²) < 4.78 is 5.45. The average molecular weight is 292 g/mol. The molecule has 1 atom stereocenters. The van der Waals surface area contributed by atoms with E-state index in [9.17, 15) is 5.11 Å². The van der Waals surface area contributed by atoms with Gasteiger partial charge in [0, 0.05) is 32.2 Å². The summed E-state index contributed by atoms with van der Waals surface area (Å²) in [6.07, 6.45) is 1.21. The molecule has 4 heteroatoms. The molecule has 1 aliphatic heterocycles. The van der Waals surface area contributed by atoms with Crippen molar-refractivity contribution in [2.75, 3.05) is 32.8 Å². The van der Waals surface area contributed by atoms with Crippen LogP contribution in [0.1, 0.15) is 25.8 Å². The molecule has 0 bridgehead atoms. The van der Waals surface area contributed by atoms with E-state index in [2.05, 4.69) is 24.1 Å². The number of hydrogen-bond acceptors (Lipinski definition) is 4. The van der Waals surface area contributed by atoms with Gasteiger partial charge in [-0.2, -0.15) is 0 Å². The summed E-state index contributed by atoms with van der Waals surface area (Å²) >= 11 is 0. The molecule has 1 aromatic rings. The van der Waals surface area contributed by atoms with Crippen molar-refractivity contribution >= 4 is 0 Å². The molecule has 0 aliphatic carbocycles. The van der Waals surface area contributed by atoms with E-state index in [1.807, 2.05) is 12.1 Å². The van der Waals surface area contributed by atoms with Crippen molar-refractivity contribution in [2.24, 2.45) is 5.92 Å². The molecule has 1 aliphatic rings. The molecule has 0 amide bonds. The van der Waals surface area contributed by atoms with E-state index in [1.54, 1.807) is 12.1 Å². The lowest BCUT2D eigenvalue weighted by atomic mass is 10.0. The number of hydrogen-bond donors (Lipinski definition) is 2. The third-order valence-corrected chi connectivity index (χ3v) is 3.95. The number of nitrogens with zero attached hydrogens (tertiary/aromatic N) is 1. The number of benzene rings is 1. The van der Waals surface area contributed by atoms with Gasteiger partial charge in [-0.1, -0.05) is 26.0 Å². The number of phenolic OH excluding ortho intramolecular Hbond substituents is 1. The number of rotatable bonds is 7. The quantitative estimate of drug-likeness (QED) is 0.809. The minimum Gasteiger partial charge on any atom is -0.508 e. The summed E-state index contributed by atoms with van der Waals surface area (Å²) in [4.78, 5) is 2.55. The molecule has 1 heterocycles. The Balaban J connectivity index is 1.81. The lowest BCUT2D eigenvalue weighted by Crippen LogP contribution is -2.48. The van der Waals surface area contributed by atoms with Crippen LogP contribution in [0.2, 0.25) is 0 Å². The van der Waals surface area contributed by atoms with Crippen LogP contribution < -0.4 is 5.32 Å². The van der Waals surface area contributed by atoms with E-state index in [4.69, 9.17) is 4.74 Å². The number of phenols is 1. The molecule has 0 aromatic heterocycles. The number of ether oxygens (including phenoxy) is 1. The fourth-order valence-electron chi connectivity index (χ4n) is 2.85. The van der Waals surface area contributed by atoms with Gasteiger partial charge in [-0.3, -0.25) is 4.90 Å². The fraction of sp³-hybridized carbons (Fsp3) is 0.647. The largest absolute Gasteiger partial charge is 0.508 e. The van der Waals surface area contributed by atoms with Gasteiger partial charge in [-0.25, -0.2) is 0 Å². The van der Waals surface area contributed by atoms with Gasteiger partial charge in [-0.15, -0.1) is 0 Å². The Morgan fingerprint density at radius 1 is 1.19 bits per heavy atom. The SMILES string of the molecule is CC(C)CC(CNCc1ccc(O)cc1)N1CCOCC1. The molecule has 1 aromatic carbocycles. The minimum absolute atomic E-state index is 0.324. The first-order valence-electron chi connectivity index (χ1n) is 7.95. The Labute approximate surface area is 128 Å². The van der Waals surface area contributed by atoms with E-state index in [0.717, 1.165) is 39.4 Å². The fourth-order valence-corrected chi connectivity index (χ4v) is 2.85. The maximum atomic E-state index is 9.30. The zero-order chi connectivity index (χ0) is 15.1. The van der Waals surface area contributed by atoms with Gasteiger partial charge >= 0.3 is 0 Å². The Kier molecular flexibility index (Phi) is 6.49. The van der Waals surface area contributed by atoms with Gasteiger partial charge < -0.3 is 15.2 Å².